The van der Waals surface area contributed by atoms with Crippen molar-refractivity contribution < 1.29 is 32.4 Å². The lowest BCUT2D eigenvalue weighted by Gasteiger charge is -2.13. The summed E-state index contributed by atoms with van der Waals surface area (Å²) < 4.78 is 47.4. The second-order valence-corrected chi connectivity index (χ2v) is 8.96. The summed E-state index contributed by atoms with van der Waals surface area (Å²) in [6.07, 6.45) is -0.00167. The number of thiophene rings is 1. The number of thiocarbonyl (C=S) groups is 1. The maximum Gasteiger partial charge on any atom is 0.422 e. The predicted molar refractivity (Wildman–Crippen MR) is 126 cm³/mol. The average molecular weight is 518 g/mol. The van der Waals surface area contributed by atoms with Crippen LogP contribution in [-0.2, 0) is 17.6 Å². The highest BCUT2D eigenvalue weighted by atomic mass is 32.1. The fourth-order valence-electron chi connectivity index (χ4n) is 3.52. The van der Waals surface area contributed by atoms with Gasteiger partial charge in [-0.05, 0) is 50.4 Å². The Morgan fingerprint density at radius 3 is 2.62 bits per heavy atom. The zero-order valence-electron chi connectivity index (χ0n) is 18.1. The third-order valence-electron chi connectivity index (χ3n) is 4.89. The van der Waals surface area contributed by atoms with E-state index in [1.807, 2.05) is 0 Å². The molecule has 0 radical (unpaired) electrons. The molecule has 1 aliphatic rings. The first-order chi connectivity index (χ1) is 16.1. The van der Waals surface area contributed by atoms with E-state index < -0.39 is 29.4 Å². The van der Waals surface area contributed by atoms with Crippen molar-refractivity contribution in [3.63, 3.8) is 0 Å². The summed E-state index contributed by atoms with van der Waals surface area (Å²) in [5.41, 5.74) is 0.935. The number of aryl methyl sites for hydroxylation is 1. The number of anilines is 2. The number of fused-ring (bicyclic) bond motifs is 1. The Bertz CT molecular complexity index is 1090. The lowest BCUT2D eigenvalue weighted by molar-refractivity contribution is -0.384. The molecule has 0 spiro atoms. The number of esters is 1. The van der Waals surface area contributed by atoms with Crippen LogP contribution in [0.1, 0.15) is 47.0 Å². The van der Waals surface area contributed by atoms with Crippen molar-refractivity contribution in [2.75, 3.05) is 23.8 Å². The average Bonchev–Trinajstić information content (AvgIpc) is 2.92. The predicted octanol–water partition coefficient (Wildman–Crippen LogP) is 5.85. The number of rotatable bonds is 7. The van der Waals surface area contributed by atoms with Crippen LogP contribution in [0.3, 0.4) is 0 Å². The first kappa shape index (κ1) is 25.7. The van der Waals surface area contributed by atoms with Gasteiger partial charge < -0.3 is 20.1 Å². The second kappa shape index (κ2) is 11.0. The van der Waals surface area contributed by atoms with E-state index in [-0.39, 0.29) is 23.2 Å². The zero-order chi connectivity index (χ0) is 24.9. The van der Waals surface area contributed by atoms with Gasteiger partial charge in [-0.25, -0.2) is 4.79 Å². The Labute approximate surface area is 202 Å². The molecule has 0 amide bonds. The largest absolute Gasteiger partial charge is 0.484 e. The van der Waals surface area contributed by atoms with E-state index in [0.29, 0.717) is 10.6 Å². The van der Waals surface area contributed by atoms with E-state index in [2.05, 4.69) is 15.4 Å². The number of nitro groups is 1. The van der Waals surface area contributed by atoms with Crippen LogP contribution in [0.15, 0.2) is 18.2 Å². The molecule has 0 saturated heterocycles. The van der Waals surface area contributed by atoms with Crippen LogP contribution in [0.4, 0.5) is 29.5 Å². The molecule has 1 heterocycles. The molecule has 2 aromatic rings. The fraction of sp³-hybridized carbons (Fsp3) is 0.429. The van der Waals surface area contributed by atoms with E-state index in [9.17, 15) is 28.1 Å². The molecule has 1 aliphatic carbocycles. The Hall–Kier alpha value is -2.93. The number of nitrogens with zero attached hydrogens (tertiary/aromatic N) is 1. The van der Waals surface area contributed by atoms with Crippen molar-refractivity contribution in [3.05, 3.63) is 44.3 Å². The van der Waals surface area contributed by atoms with Gasteiger partial charge in [0.25, 0.3) is 5.69 Å². The van der Waals surface area contributed by atoms with Crippen LogP contribution in [0.25, 0.3) is 0 Å². The number of nitro benzene ring substituents is 1. The number of carbonyl (C=O) groups excluding carboxylic acids is 1. The van der Waals surface area contributed by atoms with Crippen LogP contribution in [0.2, 0.25) is 0 Å². The molecule has 0 atom stereocenters. The molecule has 0 saturated carbocycles. The lowest BCUT2D eigenvalue weighted by atomic mass is 10.1. The summed E-state index contributed by atoms with van der Waals surface area (Å²) in [4.78, 5) is 24.2. The normalized spacial score (nSPS) is 13.4. The third-order valence-corrected chi connectivity index (χ3v) is 6.30. The van der Waals surface area contributed by atoms with Crippen LogP contribution in [0.5, 0.6) is 5.75 Å². The molecule has 3 rings (SSSR count). The summed E-state index contributed by atoms with van der Waals surface area (Å²) >= 11 is 6.71. The summed E-state index contributed by atoms with van der Waals surface area (Å²) in [5.74, 6) is -0.808. The summed E-state index contributed by atoms with van der Waals surface area (Å²) in [5, 5.41) is 17.4. The molecular formula is C21H22F3N3O5S2. The lowest BCUT2D eigenvalue weighted by Crippen LogP contribution is -2.21. The first-order valence-corrected chi connectivity index (χ1v) is 11.7. The van der Waals surface area contributed by atoms with E-state index in [4.69, 9.17) is 17.0 Å². The van der Waals surface area contributed by atoms with Crippen molar-refractivity contribution in [2.24, 2.45) is 0 Å². The quantitative estimate of drug-likeness (QED) is 0.155. The van der Waals surface area contributed by atoms with Crippen LogP contribution in [-0.4, -0.2) is 35.4 Å². The second-order valence-electron chi connectivity index (χ2n) is 7.44. The Morgan fingerprint density at radius 2 is 1.94 bits per heavy atom. The van der Waals surface area contributed by atoms with Crippen molar-refractivity contribution in [1.29, 1.82) is 0 Å². The highest BCUT2D eigenvalue weighted by molar-refractivity contribution is 7.80. The minimum absolute atomic E-state index is 0.00391. The number of nitrogens with one attached hydrogen (secondary N) is 2. The van der Waals surface area contributed by atoms with Gasteiger partial charge in [0.1, 0.15) is 10.8 Å². The monoisotopic (exact) mass is 517 g/mol. The number of ether oxygens (including phenoxy) is 2. The molecule has 8 nitrogen and oxygen atoms in total. The maximum atomic E-state index is 12.7. The molecule has 0 fully saturated rings. The smallest absolute Gasteiger partial charge is 0.422 e. The number of hydrogen-bond donors (Lipinski definition) is 2. The molecule has 34 heavy (non-hydrogen) atoms. The SMILES string of the molecule is CCOC(=O)c1c(NC(=S)Nc2cc(OCC(F)(F)F)cc([N+](=O)[O-])c2)sc2c1CCCCC2. The van der Waals surface area contributed by atoms with Gasteiger partial charge in [-0.2, -0.15) is 13.2 Å². The molecule has 184 valence electrons. The van der Waals surface area contributed by atoms with Crippen molar-refractivity contribution >= 4 is 51.0 Å². The van der Waals surface area contributed by atoms with Crippen LogP contribution < -0.4 is 15.4 Å². The highest BCUT2D eigenvalue weighted by Gasteiger charge is 2.29. The van der Waals surface area contributed by atoms with Gasteiger partial charge in [0.2, 0.25) is 0 Å². The summed E-state index contributed by atoms with van der Waals surface area (Å²) in [6.45, 7) is 0.322. The van der Waals surface area contributed by atoms with Crippen molar-refractivity contribution in [3.8, 4) is 5.75 Å². The minimum atomic E-state index is -4.60. The first-order valence-electron chi connectivity index (χ1n) is 10.5. The van der Waals surface area contributed by atoms with Crippen LogP contribution in [0, 0.1) is 10.1 Å². The topological polar surface area (TPSA) is 103 Å². The number of carbonyl (C=O) groups is 1. The Morgan fingerprint density at radius 1 is 1.21 bits per heavy atom. The maximum absolute atomic E-state index is 12.7. The molecule has 2 N–H and O–H groups in total. The van der Waals surface area contributed by atoms with E-state index in [0.717, 1.165) is 54.7 Å². The third kappa shape index (κ3) is 6.79. The summed E-state index contributed by atoms with van der Waals surface area (Å²) in [6, 6.07) is 3.18. The van der Waals surface area contributed by atoms with E-state index in [1.165, 1.54) is 17.4 Å². The highest BCUT2D eigenvalue weighted by Crippen LogP contribution is 2.38. The molecule has 13 heteroatoms. The van der Waals surface area contributed by atoms with Gasteiger partial charge in [-0.15, -0.1) is 11.3 Å². The molecule has 0 aliphatic heterocycles. The Balaban J connectivity index is 1.83. The number of benzene rings is 1. The fourth-order valence-corrected chi connectivity index (χ4v) is 5.09. The molecule has 1 aromatic heterocycles. The number of halogens is 3. The van der Waals surface area contributed by atoms with Gasteiger partial charge in [0.15, 0.2) is 11.7 Å². The van der Waals surface area contributed by atoms with Gasteiger partial charge in [-0.3, -0.25) is 10.1 Å². The number of alkyl halides is 3. The van der Waals surface area contributed by atoms with Crippen LogP contribution >= 0.6 is 23.6 Å². The number of hydrogen-bond acceptors (Lipinski definition) is 7. The number of non-ortho nitro benzene ring substituents is 1. The zero-order valence-corrected chi connectivity index (χ0v) is 19.8. The molecule has 0 unspecified atom stereocenters. The van der Waals surface area contributed by atoms with Gasteiger partial charge in [-0.1, -0.05) is 6.42 Å². The summed E-state index contributed by atoms with van der Waals surface area (Å²) in [7, 11) is 0. The van der Waals surface area contributed by atoms with E-state index >= 15 is 0 Å². The minimum Gasteiger partial charge on any atom is -0.484 e. The standard InChI is InChI=1S/C21H22F3N3O5S2/c1-2-31-19(28)17-15-6-4-3-5-7-16(15)34-18(17)26-20(33)25-12-8-13(27(29)30)10-14(9-12)32-11-21(22,23)24/h8-10H,2-7,11H2,1H3,(H2,25,26,33). The molecular weight excluding hydrogens is 495 g/mol. The molecule has 1 aromatic carbocycles. The Kier molecular flexibility index (Phi) is 8.31. The molecule has 0 bridgehead atoms. The van der Waals surface area contributed by atoms with Gasteiger partial charge >= 0.3 is 12.1 Å². The van der Waals surface area contributed by atoms with Crippen molar-refractivity contribution in [2.45, 2.75) is 45.2 Å². The van der Waals surface area contributed by atoms with Gasteiger partial charge in [0, 0.05) is 17.0 Å². The van der Waals surface area contributed by atoms with Gasteiger partial charge in [0.05, 0.1) is 28.8 Å². The van der Waals surface area contributed by atoms with Crippen molar-refractivity contribution in [1.82, 2.24) is 0 Å². The van der Waals surface area contributed by atoms with E-state index in [1.54, 1.807) is 6.92 Å².